The van der Waals surface area contributed by atoms with E-state index in [0.717, 1.165) is 23.8 Å². The molecule has 1 saturated heterocycles. The van der Waals surface area contributed by atoms with Gasteiger partial charge in [-0.15, -0.1) is 0 Å². The zero-order valence-electron chi connectivity index (χ0n) is 15.3. The summed E-state index contributed by atoms with van der Waals surface area (Å²) in [5.41, 5.74) is 6.39. The molecular weight excluding hydrogens is 338 g/mol. The van der Waals surface area contributed by atoms with E-state index < -0.39 is 5.54 Å². The molecule has 1 aliphatic heterocycles. The van der Waals surface area contributed by atoms with E-state index in [2.05, 4.69) is 4.90 Å². The maximum Gasteiger partial charge on any atom is 0.243 e. The largest absolute Gasteiger partial charge is 0.378 e. The summed E-state index contributed by atoms with van der Waals surface area (Å²) >= 11 is 6.29. The van der Waals surface area contributed by atoms with Crippen molar-refractivity contribution in [1.82, 2.24) is 4.90 Å². The van der Waals surface area contributed by atoms with Crippen LogP contribution in [0.2, 0.25) is 5.02 Å². The highest BCUT2D eigenvalue weighted by Crippen LogP contribution is 2.50. The van der Waals surface area contributed by atoms with Gasteiger partial charge in [0.15, 0.2) is 0 Å². The summed E-state index contributed by atoms with van der Waals surface area (Å²) in [6, 6.07) is 7.83. The first-order valence-corrected chi connectivity index (χ1v) is 9.38. The van der Waals surface area contributed by atoms with Gasteiger partial charge >= 0.3 is 0 Å². The van der Waals surface area contributed by atoms with E-state index in [1.54, 1.807) is 0 Å². The maximum atomic E-state index is 13.1. The summed E-state index contributed by atoms with van der Waals surface area (Å²) in [7, 11) is 0. The highest BCUT2D eigenvalue weighted by molar-refractivity contribution is 6.33. The Morgan fingerprint density at radius 2 is 1.92 bits per heavy atom. The maximum absolute atomic E-state index is 13.1. The van der Waals surface area contributed by atoms with E-state index in [-0.39, 0.29) is 17.4 Å². The Morgan fingerprint density at radius 3 is 2.48 bits per heavy atom. The fourth-order valence-electron chi connectivity index (χ4n) is 3.94. The smallest absolute Gasteiger partial charge is 0.243 e. The fourth-order valence-corrected chi connectivity index (χ4v) is 4.19. The lowest BCUT2D eigenvalue weighted by Gasteiger charge is -2.59. The summed E-state index contributed by atoms with van der Waals surface area (Å²) in [4.78, 5) is 17.2. The SMILES string of the molecule is CCOC1CC(N)(C(=O)N2CCN(c3ccccc3Cl)CC2)C1(C)C. The predicted octanol–water partition coefficient (Wildman–Crippen LogP) is 2.52. The van der Waals surface area contributed by atoms with Crippen molar-refractivity contribution in [1.29, 1.82) is 0 Å². The molecule has 0 bridgehead atoms. The molecule has 0 spiro atoms. The molecule has 0 aromatic heterocycles. The number of benzene rings is 1. The molecule has 2 fully saturated rings. The highest BCUT2D eigenvalue weighted by Gasteiger charge is 2.63. The standard InChI is InChI=1S/C19H28ClN3O2/c1-4-25-16-13-19(21,18(16,2)3)17(24)23-11-9-22(10-12-23)15-8-6-5-7-14(15)20/h5-8,16H,4,9-13,21H2,1-3H3. The monoisotopic (exact) mass is 365 g/mol. The third kappa shape index (κ3) is 3.03. The van der Waals surface area contributed by atoms with Crippen molar-refractivity contribution >= 4 is 23.2 Å². The predicted molar refractivity (Wildman–Crippen MR) is 101 cm³/mol. The van der Waals surface area contributed by atoms with Crippen LogP contribution in [0, 0.1) is 5.41 Å². The molecule has 1 amide bonds. The van der Waals surface area contributed by atoms with Crippen molar-refractivity contribution < 1.29 is 9.53 Å². The molecule has 1 saturated carbocycles. The van der Waals surface area contributed by atoms with Crippen LogP contribution in [-0.4, -0.2) is 55.2 Å². The van der Waals surface area contributed by atoms with Crippen molar-refractivity contribution in [2.45, 2.75) is 38.8 Å². The lowest BCUT2D eigenvalue weighted by Crippen LogP contribution is -2.76. The topological polar surface area (TPSA) is 58.8 Å². The van der Waals surface area contributed by atoms with Gasteiger partial charge in [-0.1, -0.05) is 37.6 Å². The minimum absolute atomic E-state index is 0.0484. The number of carbonyl (C=O) groups excluding carboxylic acids is 1. The minimum atomic E-state index is -0.834. The molecule has 0 radical (unpaired) electrons. The van der Waals surface area contributed by atoms with Crippen molar-refractivity contribution in [2.24, 2.45) is 11.1 Å². The number of piperazine rings is 1. The Kier molecular flexibility index (Phi) is 5.02. The van der Waals surface area contributed by atoms with Crippen LogP contribution >= 0.6 is 11.6 Å². The molecule has 1 aliphatic carbocycles. The number of hydrogen-bond donors (Lipinski definition) is 1. The number of amides is 1. The van der Waals surface area contributed by atoms with Gasteiger partial charge in [0.05, 0.1) is 16.8 Å². The molecule has 2 aliphatic rings. The average Bonchev–Trinajstić information content (AvgIpc) is 2.61. The van der Waals surface area contributed by atoms with Gasteiger partial charge in [0.2, 0.25) is 5.91 Å². The van der Waals surface area contributed by atoms with Gasteiger partial charge in [0.25, 0.3) is 0 Å². The zero-order valence-corrected chi connectivity index (χ0v) is 16.1. The van der Waals surface area contributed by atoms with Crippen molar-refractivity contribution in [3.63, 3.8) is 0 Å². The number of anilines is 1. The van der Waals surface area contributed by atoms with Gasteiger partial charge in [-0.2, -0.15) is 0 Å². The van der Waals surface area contributed by atoms with E-state index in [1.165, 1.54) is 0 Å². The van der Waals surface area contributed by atoms with Crippen molar-refractivity contribution in [2.75, 3.05) is 37.7 Å². The van der Waals surface area contributed by atoms with E-state index in [4.69, 9.17) is 22.1 Å². The Labute approximate surface area is 155 Å². The molecule has 1 aromatic carbocycles. The van der Waals surface area contributed by atoms with Gasteiger partial charge in [-0.3, -0.25) is 4.79 Å². The number of nitrogens with two attached hydrogens (primary N) is 1. The molecule has 3 rings (SSSR count). The second-order valence-corrected chi connectivity index (χ2v) is 7.98. The Hall–Kier alpha value is -1.30. The van der Waals surface area contributed by atoms with E-state index in [1.807, 2.05) is 49.9 Å². The first-order valence-electron chi connectivity index (χ1n) is 9.00. The average molecular weight is 366 g/mol. The quantitative estimate of drug-likeness (QED) is 0.890. The summed E-state index contributed by atoms with van der Waals surface area (Å²) in [5, 5.41) is 0.747. The lowest BCUT2D eigenvalue weighted by atomic mass is 9.54. The third-order valence-electron chi connectivity index (χ3n) is 5.97. The number of carbonyl (C=O) groups is 1. The van der Waals surface area contributed by atoms with Crippen LogP contribution in [-0.2, 0) is 9.53 Å². The van der Waals surface area contributed by atoms with Crippen LogP contribution in [0.1, 0.15) is 27.2 Å². The van der Waals surface area contributed by atoms with Crippen LogP contribution in [0.25, 0.3) is 0 Å². The van der Waals surface area contributed by atoms with Gasteiger partial charge in [0, 0.05) is 44.6 Å². The van der Waals surface area contributed by atoms with E-state index >= 15 is 0 Å². The highest BCUT2D eigenvalue weighted by atomic mass is 35.5. The second kappa shape index (κ2) is 6.78. The third-order valence-corrected chi connectivity index (χ3v) is 6.29. The number of halogens is 1. The molecule has 1 aromatic rings. The molecule has 1 heterocycles. The Morgan fingerprint density at radius 1 is 1.28 bits per heavy atom. The van der Waals surface area contributed by atoms with E-state index in [9.17, 15) is 4.79 Å². The minimum Gasteiger partial charge on any atom is -0.378 e. The van der Waals surface area contributed by atoms with E-state index in [0.29, 0.717) is 26.1 Å². The van der Waals surface area contributed by atoms with Crippen LogP contribution in [0.4, 0.5) is 5.69 Å². The zero-order chi connectivity index (χ0) is 18.2. The summed E-state index contributed by atoms with van der Waals surface area (Å²) in [6.07, 6.45) is 0.646. The molecule has 25 heavy (non-hydrogen) atoms. The molecule has 5 nitrogen and oxygen atoms in total. The number of ether oxygens (including phenoxy) is 1. The summed E-state index contributed by atoms with van der Waals surface area (Å²) < 4.78 is 5.74. The van der Waals surface area contributed by atoms with Gasteiger partial charge in [-0.25, -0.2) is 0 Å². The van der Waals surface area contributed by atoms with Crippen LogP contribution in [0.15, 0.2) is 24.3 Å². The van der Waals surface area contributed by atoms with Gasteiger partial charge in [0.1, 0.15) is 5.54 Å². The number of nitrogens with zero attached hydrogens (tertiary/aromatic N) is 2. The lowest BCUT2D eigenvalue weighted by molar-refractivity contribution is -0.179. The number of hydrogen-bond acceptors (Lipinski definition) is 4. The molecule has 6 heteroatoms. The van der Waals surface area contributed by atoms with Crippen LogP contribution in [0.5, 0.6) is 0 Å². The normalized spacial score (nSPS) is 28.6. The van der Waals surface area contributed by atoms with Crippen LogP contribution < -0.4 is 10.6 Å². The van der Waals surface area contributed by atoms with Crippen molar-refractivity contribution in [3.8, 4) is 0 Å². The molecular formula is C19H28ClN3O2. The molecule has 2 unspecified atom stereocenters. The number of rotatable bonds is 4. The van der Waals surface area contributed by atoms with Crippen LogP contribution in [0.3, 0.4) is 0 Å². The van der Waals surface area contributed by atoms with Gasteiger partial charge in [-0.05, 0) is 19.1 Å². The molecule has 138 valence electrons. The molecule has 2 atom stereocenters. The first kappa shape index (κ1) is 18.5. The second-order valence-electron chi connectivity index (χ2n) is 7.57. The first-order chi connectivity index (χ1) is 11.8. The summed E-state index contributed by atoms with van der Waals surface area (Å²) in [5.74, 6) is 0.0484. The number of para-hydroxylation sites is 1. The Bertz CT molecular complexity index is 643. The summed E-state index contributed by atoms with van der Waals surface area (Å²) in [6.45, 7) is 9.55. The fraction of sp³-hybridized carbons (Fsp3) is 0.632. The van der Waals surface area contributed by atoms with Gasteiger partial charge < -0.3 is 20.3 Å². The molecule has 2 N–H and O–H groups in total. The van der Waals surface area contributed by atoms with Crippen molar-refractivity contribution in [3.05, 3.63) is 29.3 Å². The Balaban J connectivity index is 1.64.